The summed E-state index contributed by atoms with van der Waals surface area (Å²) in [7, 11) is 0. The second-order valence-corrected chi connectivity index (χ2v) is 8.45. The van der Waals surface area contributed by atoms with Crippen LogP contribution in [0.3, 0.4) is 0 Å². The van der Waals surface area contributed by atoms with Gasteiger partial charge in [0.05, 0.1) is 12.4 Å². The number of hydrogen-bond donors (Lipinski definition) is 6. The van der Waals surface area contributed by atoms with Crippen LogP contribution in [0.1, 0.15) is 32.0 Å². The number of carboxylic acid groups (broad SMARTS) is 1. The molecule has 0 fully saturated rings. The highest BCUT2D eigenvalue weighted by molar-refractivity contribution is 5.94. The fraction of sp³-hybridized carbons (Fsp3) is 0.435. The molecule has 184 valence electrons. The molecule has 0 bridgehead atoms. The number of carbonyl (C=O) groups is 4. The van der Waals surface area contributed by atoms with Gasteiger partial charge in [-0.25, -0.2) is 9.78 Å². The molecule has 34 heavy (non-hydrogen) atoms. The van der Waals surface area contributed by atoms with Gasteiger partial charge in [-0.1, -0.05) is 44.2 Å². The van der Waals surface area contributed by atoms with E-state index in [4.69, 9.17) is 5.73 Å². The Morgan fingerprint density at radius 2 is 1.59 bits per heavy atom. The summed E-state index contributed by atoms with van der Waals surface area (Å²) in [5.74, 6) is -3.25. The van der Waals surface area contributed by atoms with E-state index in [2.05, 4.69) is 25.9 Å². The molecule has 2 aromatic rings. The number of benzene rings is 1. The molecule has 0 spiro atoms. The second kappa shape index (κ2) is 12.5. The van der Waals surface area contributed by atoms with Crippen molar-refractivity contribution in [3.63, 3.8) is 0 Å². The van der Waals surface area contributed by atoms with E-state index in [0.717, 1.165) is 5.56 Å². The number of aromatic amines is 1. The maximum Gasteiger partial charge on any atom is 0.326 e. The Labute approximate surface area is 197 Å². The first-order chi connectivity index (χ1) is 16.1. The Hall–Kier alpha value is -3.73. The number of hydrogen-bond acceptors (Lipinski definition) is 6. The van der Waals surface area contributed by atoms with Gasteiger partial charge in [-0.2, -0.15) is 0 Å². The highest BCUT2D eigenvalue weighted by atomic mass is 16.4. The van der Waals surface area contributed by atoms with Crippen LogP contribution in [0.2, 0.25) is 0 Å². The average molecular weight is 473 g/mol. The van der Waals surface area contributed by atoms with Crippen LogP contribution in [0.4, 0.5) is 0 Å². The number of imidazole rings is 1. The third-order valence-corrected chi connectivity index (χ3v) is 5.17. The minimum atomic E-state index is -1.20. The SMILES string of the molecule is CC(N)C(=O)NC(C(=O)NC(Cc1cnc[nH]1)C(=O)NC(Cc1ccccc1)C(=O)O)C(C)C. The number of carboxylic acids is 1. The number of carbonyl (C=O) groups excluding carboxylic acids is 3. The van der Waals surface area contributed by atoms with Crippen molar-refractivity contribution in [1.82, 2.24) is 25.9 Å². The van der Waals surface area contributed by atoms with Crippen LogP contribution < -0.4 is 21.7 Å². The van der Waals surface area contributed by atoms with Crippen LogP contribution >= 0.6 is 0 Å². The molecule has 1 aromatic heterocycles. The van der Waals surface area contributed by atoms with Crippen molar-refractivity contribution in [2.75, 3.05) is 0 Å². The summed E-state index contributed by atoms with van der Waals surface area (Å²) in [5.41, 5.74) is 6.90. The van der Waals surface area contributed by atoms with E-state index in [1.54, 1.807) is 38.1 Å². The van der Waals surface area contributed by atoms with E-state index in [0.29, 0.717) is 5.69 Å². The van der Waals surface area contributed by atoms with Crippen LogP contribution in [0.15, 0.2) is 42.9 Å². The molecule has 11 heteroatoms. The van der Waals surface area contributed by atoms with Gasteiger partial charge in [0, 0.05) is 24.7 Å². The summed E-state index contributed by atoms with van der Waals surface area (Å²) in [6.45, 7) is 4.99. The lowest BCUT2D eigenvalue weighted by Gasteiger charge is -2.26. The molecule has 3 amide bonds. The number of amides is 3. The van der Waals surface area contributed by atoms with E-state index >= 15 is 0 Å². The molecule has 0 radical (unpaired) electrons. The van der Waals surface area contributed by atoms with Crippen molar-refractivity contribution in [1.29, 1.82) is 0 Å². The molecule has 4 unspecified atom stereocenters. The minimum Gasteiger partial charge on any atom is -0.480 e. The Kier molecular flexibility index (Phi) is 9.75. The van der Waals surface area contributed by atoms with Gasteiger partial charge >= 0.3 is 5.97 Å². The molecule has 0 aliphatic heterocycles. The second-order valence-electron chi connectivity index (χ2n) is 8.45. The van der Waals surface area contributed by atoms with Crippen molar-refractivity contribution in [2.45, 2.75) is 57.8 Å². The number of H-pyrrole nitrogens is 1. The van der Waals surface area contributed by atoms with Crippen LogP contribution in [-0.2, 0) is 32.0 Å². The lowest BCUT2D eigenvalue weighted by molar-refractivity contribution is -0.142. The Bertz CT molecular complexity index is 961. The molecule has 0 aliphatic carbocycles. The molecular formula is C23H32N6O5. The first-order valence-corrected chi connectivity index (χ1v) is 11.0. The Morgan fingerprint density at radius 3 is 2.12 bits per heavy atom. The molecule has 1 aromatic carbocycles. The van der Waals surface area contributed by atoms with E-state index in [9.17, 15) is 24.3 Å². The van der Waals surface area contributed by atoms with E-state index in [1.807, 2.05) is 6.07 Å². The third kappa shape index (κ3) is 8.00. The summed E-state index contributed by atoms with van der Waals surface area (Å²) in [6.07, 6.45) is 3.05. The van der Waals surface area contributed by atoms with Gasteiger partial charge in [0.2, 0.25) is 17.7 Å². The molecule has 7 N–H and O–H groups in total. The Balaban J connectivity index is 2.19. The molecule has 11 nitrogen and oxygen atoms in total. The van der Waals surface area contributed by atoms with Gasteiger partial charge < -0.3 is 31.8 Å². The molecule has 4 atom stereocenters. The fourth-order valence-corrected chi connectivity index (χ4v) is 3.23. The van der Waals surface area contributed by atoms with Gasteiger partial charge in [-0.15, -0.1) is 0 Å². The highest BCUT2D eigenvalue weighted by Gasteiger charge is 2.31. The number of nitrogens with two attached hydrogens (primary N) is 1. The van der Waals surface area contributed by atoms with Crippen molar-refractivity contribution < 1.29 is 24.3 Å². The lowest BCUT2D eigenvalue weighted by atomic mass is 10.0. The topological polar surface area (TPSA) is 179 Å². The first kappa shape index (κ1) is 26.5. The first-order valence-electron chi connectivity index (χ1n) is 11.0. The number of aromatic nitrogens is 2. The van der Waals surface area contributed by atoms with Crippen molar-refractivity contribution in [3.8, 4) is 0 Å². The fourth-order valence-electron chi connectivity index (χ4n) is 3.23. The summed E-state index contributed by atoms with van der Waals surface area (Å²) in [5, 5.41) is 17.4. The predicted octanol–water partition coefficient (Wildman–Crippen LogP) is -0.263. The Morgan fingerprint density at radius 1 is 0.941 bits per heavy atom. The van der Waals surface area contributed by atoms with Crippen molar-refractivity contribution in [2.24, 2.45) is 11.7 Å². The molecular weight excluding hydrogens is 440 g/mol. The van der Waals surface area contributed by atoms with E-state index in [-0.39, 0.29) is 18.8 Å². The summed E-state index contributed by atoms with van der Waals surface area (Å²) in [6, 6.07) is 4.83. The molecule has 2 rings (SSSR count). The van der Waals surface area contributed by atoms with Crippen LogP contribution in [-0.4, -0.2) is 62.9 Å². The molecule has 0 saturated heterocycles. The lowest BCUT2D eigenvalue weighted by Crippen LogP contribution is -2.58. The largest absolute Gasteiger partial charge is 0.480 e. The number of rotatable bonds is 12. The minimum absolute atomic E-state index is 0.0430. The smallest absolute Gasteiger partial charge is 0.326 e. The highest BCUT2D eigenvalue weighted by Crippen LogP contribution is 2.08. The summed E-state index contributed by atoms with van der Waals surface area (Å²) in [4.78, 5) is 56.8. The monoisotopic (exact) mass is 472 g/mol. The number of aliphatic carboxylic acids is 1. The van der Waals surface area contributed by atoms with Gasteiger partial charge in [0.25, 0.3) is 0 Å². The predicted molar refractivity (Wildman–Crippen MR) is 124 cm³/mol. The summed E-state index contributed by atoms with van der Waals surface area (Å²) >= 11 is 0. The van der Waals surface area contributed by atoms with Crippen LogP contribution in [0, 0.1) is 5.92 Å². The number of nitrogens with one attached hydrogen (secondary N) is 4. The van der Waals surface area contributed by atoms with Gasteiger partial charge in [-0.3, -0.25) is 14.4 Å². The zero-order valence-electron chi connectivity index (χ0n) is 19.4. The third-order valence-electron chi connectivity index (χ3n) is 5.17. The quantitative estimate of drug-likeness (QED) is 0.246. The van der Waals surface area contributed by atoms with Crippen LogP contribution in [0.5, 0.6) is 0 Å². The van der Waals surface area contributed by atoms with Gasteiger partial charge in [-0.05, 0) is 18.4 Å². The van der Waals surface area contributed by atoms with E-state index < -0.39 is 47.9 Å². The molecule has 0 aliphatic rings. The summed E-state index contributed by atoms with van der Waals surface area (Å²) < 4.78 is 0. The zero-order chi connectivity index (χ0) is 25.3. The maximum absolute atomic E-state index is 13.1. The van der Waals surface area contributed by atoms with Crippen molar-refractivity contribution in [3.05, 3.63) is 54.1 Å². The maximum atomic E-state index is 13.1. The van der Waals surface area contributed by atoms with E-state index in [1.165, 1.54) is 19.4 Å². The standard InChI is InChI=1S/C23H32N6O5/c1-13(2)19(29-20(30)14(3)24)22(32)27-17(10-16-11-25-12-26-16)21(31)28-18(23(33)34)9-15-7-5-4-6-8-15/h4-8,11-14,17-19H,9-10,24H2,1-3H3,(H,25,26)(H,27,32)(H,28,31)(H,29,30)(H,33,34). The van der Waals surface area contributed by atoms with Crippen molar-refractivity contribution >= 4 is 23.7 Å². The molecule has 0 saturated carbocycles. The van der Waals surface area contributed by atoms with Crippen LogP contribution in [0.25, 0.3) is 0 Å². The normalized spacial score (nSPS) is 14.5. The molecule has 1 heterocycles. The van der Waals surface area contributed by atoms with Gasteiger partial charge in [0.15, 0.2) is 0 Å². The zero-order valence-corrected chi connectivity index (χ0v) is 19.4. The van der Waals surface area contributed by atoms with Gasteiger partial charge in [0.1, 0.15) is 18.1 Å². The average Bonchev–Trinajstić information content (AvgIpc) is 3.29. The number of nitrogens with zero attached hydrogens (tertiary/aromatic N) is 1.